The van der Waals surface area contributed by atoms with Crippen molar-refractivity contribution in [3.63, 3.8) is 0 Å². The number of carboxylic acids is 1. The molecule has 1 atom stereocenters. The molecule has 0 aromatic heterocycles. The largest absolute Gasteiger partial charge is 0.481 e. The molecule has 0 aromatic rings. The van der Waals surface area contributed by atoms with Crippen LogP contribution in [0, 0.1) is 5.92 Å². The first kappa shape index (κ1) is 11.9. The van der Waals surface area contributed by atoms with E-state index in [1.54, 1.807) is 0 Å². The van der Waals surface area contributed by atoms with Crippen LogP contribution in [0.3, 0.4) is 0 Å². The molecule has 0 aromatic carbocycles. The molecule has 1 aliphatic carbocycles. The smallest absolute Gasteiger partial charge is 0.303 e. The van der Waals surface area contributed by atoms with Crippen LogP contribution >= 0.6 is 0 Å². The van der Waals surface area contributed by atoms with E-state index in [-0.39, 0.29) is 24.4 Å². The minimum absolute atomic E-state index is 0.00267. The Morgan fingerprint density at radius 1 is 1.20 bits per heavy atom. The summed E-state index contributed by atoms with van der Waals surface area (Å²) < 4.78 is 0. The summed E-state index contributed by atoms with van der Waals surface area (Å²) in [7, 11) is 0. The van der Waals surface area contributed by atoms with Crippen molar-refractivity contribution in [1.82, 2.24) is 0 Å². The Morgan fingerprint density at radius 2 is 1.93 bits per heavy atom. The lowest BCUT2D eigenvalue weighted by molar-refractivity contribution is -0.140. The fourth-order valence-corrected chi connectivity index (χ4v) is 1.90. The summed E-state index contributed by atoms with van der Waals surface area (Å²) in [5.41, 5.74) is 0. The Hall–Kier alpha value is -1.19. The number of hydrogen-bond acceptors (Lipinski definition) is 3. The Labute approximate surface area is 88.7 Å². The van der Waals surface area contributed by atoms with Gasteiger partial charge in [0.15, 0.2) is 0 Å². The number of aliphatic carboxylic acids is 1. The van der Waals surface area contributed by atoms with Crippen molar-refractivity contribution in [3.05, 3.63) is 0 Å². The van der Waals surface area contributed by atoms with Gasteiger partial charge in [0.25, 0.3) is 0 Å². The van der Waals surface area contributed by atoms with Crippen LogP contribution in [-0.4, -0.2) is 22.6 Å². The predicted octanol–water partition coefficient (Wildman–Crippen LogP) is 1.57. The first-order valence-corrected chi connectivity index (χ1v) is 5.38. The molecule has 0 radical (unpaired) electrons. The van der Waals surface area contributed by atoms with E-state index in [0.717, 1.165) is 19.3 Å². The lowest BCUT2D eigenvalue weighted by Crippen LogP contribution is -2.23. The Morgan fingerprint density at radius 3 is 2.60 bits per heavy atom. The molecule has 0 amide bonds. The van der Waals surface area contributed by atoms with E-state index in [9.17, 15) is 14.4 Å². The zero-order valence-corrected chi connectivity index (χ0v) is 8.70. The average molecular weight is 212 g/mol. The topological polar surface area (TPSA) is 71.4 Å². The number of carbonyl (C=O) groups excluding carboxylic acids is 2. The van der Waals surface area contributed by atoms with Crippen molar-refractivity contribution in [2.75, 3.05) is 0 Å². The fraction of sp³-hybridized carbons (Fsp3) is 0.727. The molecule has 1 saturated carbocycles. The molecule has 0 spiro atoms. The molecular formula is C11H16O4. The summed E-state index contributed by atoms with van der Waals surface area (Å²) >= 11 is 0. The van der Waals surface area contributed by atoms with Crippen LogP contribution in [0.5, 0.6) is 0 Å². The minimum atomic E-state index is -0.982. The van der Waals surface area contributed by atoms with Gasteiger partial charge in [-0.2, -0.15) is 0 Å². The van der Waals surface area contributed by atoms with Crippen LogP contribution in [0.2, 0.25) is 0 Å². The molecule has 15 heavy (non-hydrogen) atoms. The van der Waals surface area contributed by atoms with Gasteiger partial charge in [0.05, 0.1) is 12.3 Å². The molecule has 0 aliphatic heterocycles. The first-order valence-electron chi connectivity index (χ1n) is 5.38. The highest BCUT2D eigenvalue weighted by Crippen LogP contribution is 2.22. The molecular weight excluding hydrogens is 196 g/mol. The maximum absolute atomic E-state index is 11.6. The summed E-state index contributed by atoms with van der Waals surface area (Å²) in [5, 5.41) is 8.45. The molecule has 4 nitrogen and oxygen atoms in total. The van der Waals surface area contributed by atoms with Crippen molar-refractivity contribution in [3.8, 4) is 0 Å². The lowest BCUT2D eigenvalue weighted by atomic mass is 9.92. The van der Waals surface area contributed by atoms with Crippen molar-refractivity contribution in [1.29, 1.82) is 0 Å². The van der Waals surface area contributed by atoms with E-state index >= 15 is 0 Å². The molecule has 1 N–H and O–H groups in total. The van der Waals surface area contributed by atoms with E-state index < -0.39 is 11.9 Å². The third kappa shape index (κ3) is 3.81. The Kier molecular flexibility index (Phi) is 4.46. The highest BCUT2D eigenvalue weighted by atomic mass is 16.4. The van der Waals surface area contributed by atoms with Crippen LogP contribution in [0.4, 0.5) is 0 Å². The monoisotopic (exact) mass is 212 g/mol. The van der Waals surface area contributed by atoms with E-state index in [1.807, 2.05) is 0 Å². The van der Waals surface area contributed by atoms with E-state index in [0.29, 0.717) is 12.8 Å². The molecule has 1 rings (SSSR count). The predicted molar refractivity (Wildman–Crippen MR) is 53.5 cm³/mol. The number of Topliss-reactive ketones (excluding diaryl/α,β-unsaturated/α-hetero) is 2. The fourth-order valence-electron chi connectivity index (χ4n) is 1.90. The molecule has 4 heteroatoms. The van der Waals surface area contributed by atoms with E-state index in [4.69, 9.17) is 5.11 Å². The summed E-state index contributed by atoms with van der Waals surface area (Å²) in [4.78, 5) is 33.4. The Balaban J connectivity index is 2.48. The standard InChI is InChI=1S/C11H16O4/c12-9-5-3-1-2-4-8(9)10(13)6-7-11(14)15/h8H,1-7H2,(H,14,15). The van der Waals surface area contributed by atoms with Gasteiger partial charge in [0, 0.05) is 12.8 Å². The molecule has 0 saturated heterocycles. The Bertz CT molecular complexity index is 270. The van der Waals surface area contributed by atoms with Crippen molar-refractivity contribution < 1.29 is 19.5 Å². The van der Waals surface area contributed by atoms with Gasteiger partial charge in [-0.3, -0.25) is 14.4 Å². The molecule has 0 heterocycles. The second-order valence-electron chi connectivity index (χ2n) is 3.98. The normalized spacial score (nSPS) is 22.1. The lowest BCUT2D eigenvalue weighted by Gasteiger charge is -2.10. The maximum atomic E-state index is 11.6. The first-order chi connectivity index (χ1) is 7.11. The van der Waals surface area contributed by atoms with Gasteiger partial charge in [-0.25, -0.2) is 0 Å². The number of rotatable bonds is 4. The van der Waals surface area contributed by atoms with Crippen LogP contribution < -0.4 is 0 Å². The van der Waals surface area contributed by atoms with Crippen molar-refractivity contribution >= 4 is 17.5 Å². The molecule has 1 unspecified atom stereocenters. The second kappa shape index (κ2) is 5.63. The van der Waals surface area contributed by atoms with Gasteiger partial charge < -0.3 is 5.11 Å². The van der Waals surface area contributed by atoms with Gasteiger partial charge in [-0.1, -0.05) is 12.8 Å². The molecule has 1 aliphatic rings. The quantitative estimate of drug-likeness (QED) is 0.567. The summed E-state index contributed by atoms with van der Waals surface area (Å²) in [5.74, 6) is -1.69. The van der Waals surface area contributed by atoms with Gasteiger partial charge >= 0.3 is 5.97 Å². The van der Waals surface area contributed by atoms with Gasteiger partial charge in [0.2, 0.25) is 0 Å². The highest BCUT2D eigenvalue weighted by molar-refractivity contribution is 6.03. The summed E-state index contributed by atoms with van der Waals surface area (Å²) in [6.45, 7) is 0. The molecule has 1 fully saturated rings. The molecule has 0 bridgehead atoms. The zero-order valence-electron chi connectivity index (χ0n) is 8.70. The van der Waals surface area contributed by atoms with Crippen LogP contribution in [-0.2, 0) is 14.4 Å². The number of ketones is 2. The van der Waals surface area contributed by atoms with Crippen LogP contribution in [0.25, 0.3) is 0 Å². The van der Waals surface area contributed by atoms with Crippen molar-refractivity contribution in [2.45, 2.75) is 44.9 Å². The minimum Gasteiger partial charge on any atom is -0.481 e. The number of carboxylic acid groups (broad SMARTS) is 1. The summed E-state index contributed by atoms with van der Waals surface area (Å²) in [6.07, 6.45) is 3.67. The second-order valence-corrected chi connectivity index (χ2v) is 3.98. The van der Waals surface area contributed by atoms with Crippen LogP contribution in [0.15, 0.2) is 0 Å². The highest BCUT2D eigenvalue weighted by Gasteiger charge is 2.27. The number of hydrogen-bond donors (Lipinski definition) is 1. The van der Waals surface area contributed by atoms with Gasteiger partial charge in [-0.15, -0.1) is 0 Å². The van der Waals surface area contributed by atoms with Crippen LogP contribution in [0.1, 0.15) is 44.9 Å². The van der Waals surface area contributed by atoms with Crippen molar-refractivity contribution in [2.24, 2.45) is 5.92 Å². The van der Waals surface area contributed by atoms with Gasteiger partial charge in [0.1, 0.15) is 11.6 Å². The van der Waals surface area contributed by atoms with E-state index in [2.05, 4.69) is 0 Å². The number of carbonyl (C=O) groups is 3. The van der Waals surface area contributed by atoms with Gasteiger partial charge in [-0.05, 0) is 12.8 Å². The zero-order chi connectivity index (χ0) is 11.3. The third-order valence-electron chi connectivity index (χ3n) is 2.78. The maximum Gasteiger partial charge on any atom is 0.303 e. The van der Waals surface area contributed by atoms with E-state index in [1.165, 1.54) is 0 Å². The summed E-state index contributed by atoms with van der Waals surface area (Å²) in [6, 6.07) is 0. The average Bonchev–Trinajstić information content (AvgIpc) is 2.39. The SMILES string of the molecule is O=C(O)CCC(=O)C1CCCCCC1=O. The molecule has 84 valence electrons. The third-order valence-corrected chi connectivity index (χ3v) is 2.78.